The van der Waals surface area contributed by atoms with Gasteiger partial charge in [0, 0.05) is 0 Å². The highest BCUT2D eigenvalue weighted by Crippen LogP contribution is 2.32. The van der Waals surface area contributed by atoms with Crippen LogP contribution in [0.5, 0.6) is 0 Å². The highest BCUT2D eigenvalue weighted by molar-refractivity contribution is 5.75. The van der Waals surface area contributed by atoms with Crippen LogP contribution in [0.1, 0.15) is 43.4 Å². The average molecular weight is 233 g/mol. The Labute approximate surface area is 102 Å². The molecule has 0 amide bonds. The minimum Gasteiger partial charge on any atom is -0.456 e. The molecule has 1 aliphatic carbocycles. The van der Waals surface area contributed by atoms with Gasteiger partial charge in [-0.3, -0.25) is 4.79 Å². The van der Waals surface area contributed by atoms with Crippen LogP contribution in [-0.2, 0) is 16.0 Å². The highest BCUT2D eigenvalue weighted by atomic mass is 16.5. The predicted octanol–water partition coefficient (Wildman–Crippen LogP) is 2.34. The van der Waals surface area contributed by atoms with Gasteiger partial charge in [-0.1, -0.05) is 31.2 Å². The average Bonchev–Trinajstić information content (AvgIpc) is 2.38. The Hall–Kier alpha value is -1.35. The van der Waals surface area contributed by atoms with Crippen LogP contribution in [-0.4, -0.2) is 12.0 Å². The van der Waals surface area contributed by atoms with Crippen molar-refractivity contribution >= 4 is 5.97 Å². The third-order valence-corrected chi connectivity index (χ3v) is 3.32. The smallest absolute Gasteiger partial charge is 0.323 e. The predicted molar refractivity (Wildman–Crippen MR) is 66.5 cm³/mol. The van der Waals surface area contributed by atoms with Gasteiger partial charge in [-0.15, -0.1) is 0 Å². The lowest BCUT2D eigenvalue weighted by molar-refractivity contribution is -0.151. The van der Waals surface area contributed by atoms with Crippen LogP contribution in [0.4, 0.5) is 0 Å². The van der Waals surface area contributed by atoms with Crippen molar-refractivity contribution < 1.29 is 9.53 Å². The number of hydrogen-bond donors (Lipinski definition) is 1. The topological polar surface area (TPSA) is 52.3 Å². The monoisotopic (exact) mass is 233 g/mol. The minimum absolute atomic E-state index is 0.106. The van der Waals surface area contributed by atoms with Gasteiger partial charge in [-0.2, -0.15) is 0 Å². The van der Waals surface area contributed by atoms with Crippen LogP contribution in [0.2, 0.25) is 0 Å². The molecule has 2 rings (SSSR count). The minimum atomic E-state index is -0.496. The number of fused-ring (bicyclic) bond motifs is 1. The standard InChI is InChI=1S/C14H19NO2/c1-2-12(15)14(16)17-13-9-5-7-10-6-3-4-8-11(10)13/h3-4,6,8,12-13H,2,5,7,9,15H2,1H3/t12-,13?/m1/s1. The first-order valence-electron chi connectivity index (χ1n) is 6.26. The van der Waals surface area contributed by atoms with Crippen LogP contribution >= 0.6 is 0 Å². The quantitative estimate of drug-likeness (QED) is 0.815. The fourth-order valence-corrected chi connectivity index (χ4v) is 2.23. The molecule has 0 bridgehead atoms. The lowest BCUT2D eigenvalue weighted by atomic mass is 9.89. The van der Waals surface area contributed by atoms with Crippen LogP contribution < -0.4 is 5.73 Å². The Bertz CT molecular complexity index is 403. The van der Waals surface area contributed by atoms with Crippen LogP contribution in [0, 0.1) is 0 Å². The summed E-state index contributed by atoms with van der Waals surface area (Å²) in [5, 5.41) is 0. The molecule has 2 atom stereocenters. The van der Waals surface area contributed by atoms with E-state index in [2.05, 4.69) is 6.07 Å². The van der Waals surface area contributed by atoms with Crippen molar-refractivity contribution in [2.75, 3.05) is 0 Å². The normalized spacial score (nSPS) is 20.5. The molecule has 1 aromatic rings. The molecule has 17 heavy (non-hydrogen) atoms. The van der Waals surface area contributed by atoms with Gasteiger partial charge < -0.3 is 10.5 Å². The number of rotatable bonds is 3. The van der Waals surface area contributed by atoms with E-state index in [1.165, 1.54) is 5.56 Å². The van der Waals surface area contributed by atoms with Crippen LogP contribution in [0.3, 0.4) is 0 Å². The second-order valence-electron chi connectivity index (χ2n) is 4.53. The number of hydrogen-bond acceptors (Lipinski definition) is 3. The van der Waals surface area contributed by atoms with E-state index in [0.717, 1.165) is 24.8 Å². The molecule has 0 fully saturated rings. The summed E-state index contributed by atoms with van der Waals surface area (Å²) in [5.41, 5.74) is 8.12. The Balaban J connectivity index is 2.11. The number of nitrogens with two attached hydrogens (primary N) is 1. The maximum atomic E-state index is 11.7. The summed E-state index contributed by atoms with van der Waals surface area (Å²) in [7, 11) is 0. The first-order chi connectivity index (χ1) is 8.22. The Kier molecular flexibility index (Phi) is 3.79. The van der Waals surface area contributed by atoms with Crippen molar-refractivity contribution in [1.29, 1.82) is 0 Å². The van der Waals surface area contributed by atoms with Gasteiger partial charge >= 0.3 is 5.97 Å². The molecule has 0 saturated carbocycles. The Morgan fingerprint density at radius 2 is 2.29 bits per heavy atom. The summed E-state index contributed by atoms with van der Waals surface area (Å²) in [4.78, 5) is 11.7. The van der Waals surface area contributed by atoms with E-state index in [4.69, 9.17) is 10.5 Å². The van der Waals surface area contributed by atoms with Gasteiger partial charge in [-0.05, 0) is 36.8 Å². The molecule has 0 aromatic heterocycles. The molecule has 0 radical (unpaired) electrons. The van der Waals surface area contributed by atoms with E-state index in [-0.39, 0.29) is 12.1 Å². The van der Waals surface area contributed by atoms with Crippen molar-refractivity contribution in [2.24, 2.45) is 5.73 Å². The molecule has 3 nitrogen and oxygen atoms in total. The molecular weight excluding hydrogens is 214 g/mol. The summed E-state index contributed by atoms with van der Waals surface area (Å²) in [5.74, 6) is -0.283. The zero-order valence-corrected chi connectivity index (χ0v) is 10.2. The molecule has 0 saturated heterocycles. The molecule has 1 aliphatic rings. The first kappa shape index (κ1) is 12.1. The number of benzene rings is 1. The molecule has 3 heteroatoms. The van der Waals surface area contributed by atoms with Gasteiger partial charge in [0.2, 0.25) is 0 Å². The van der Waals surface area contributed by atoms with Gasteiger partial charge in [-0.25, -0.2) is 0 Å². The van der Waals surface area contributed by atoms with E-state index in [1.54, 1.807) is 0 Å². The summed E-state index contributed by atoms with van der Waals surface area (Å²) in [6, 6.07) is 7.67. The molecule has 2 N–H and O–H groups in total. The fourth-order valence-electron chi connectivity index (χ4n) is 2.23. The van der Waals surface area contributed by atoms with Crippen molar-refractivity contribution in [3.63, 3.8) is 0 Å². The largest absolute Gasteiger partial charge is 0.456 e. The molecule has 92 valence electrons. The van der Waals surface area contributed by atoms with E-state index < -0.39 is 6.04 Å². The fraction of sp³-hybridized carbons (Fsp3) is 0.500. The summed E-state index contributed by atoms with van der Waals surface area (Å²) >= 11 is 0. The molecular formula is C14H19NO2. The SMILES string of the molecule is CC[C@@H](N)C(=O)OC1CCCc2ccccc21. The number of carbonyl (C=O) groups is 1. The third kappa shape index (κ3) is 2.67. The molecule has 0 spiro atoms. The van der Waals surface area contributed by atoms with Crippen LogP contribution in [0.15, 0.2) is 24.3 Å². The zero-order chi connectivity index (χ0) is 12.3. The highest BCUT2D eigenvalue weighted by Gasteiger charge is 2.24. The Morgan fingerprint density at radius 3 is 3.06 bits per heavy atom. The Morgan fingerprint density at radius 1 is 1.53 bits per heavy atom. The van der Waals surface area contributed by atoms with Crippen LogP contribution in [0.25, 0.3) is 0 Å². The van der Waals surface area contributed by atoms with E-state index in [9.17, 15) is 4.79 Å². The van der Waals surface area contributed by atoms with Gasteiger partial charge in [0.1, 0.15) is 12.1 Å². The number of carbonyl (C=O) groups excluding carboxylic acids is 1. The zero-order valence-electron chi connectivity index (χ0n) is 10.2. The number of ether oxygens (including phenoxy) is 1. The van der Waals surface area contributed by atoms with E-state index >= 15 is 0 Å². The maximum Gasteiger partial charge on any atom is 0.323 e. The first-order valence-corrected chi connectivity index (χ1v) is 6.26. The summed E-state index contributed by atoms with van der Waals surface area (Å²) < 4.78 is 5.51. The molecule has 0 aliphatic heterocycles. The van der Waals surface area contributed by atoms with Crippen molar-refractivity contribution in [3.8, 4) is 0 Å². The van der Waals surface area contributed by atoms with Gasteiger partial charge in [0.05, 0.1) is 0 Å². The summed E-state index contributed by atoms with van der Waals surface area (Å²) in [6.45, 7) is 1.89. The van der Waals surface area contributed by atoms with Gasteiger partial charge in [0.15, 0.2) is 0 Å². The number of aryl methyl sites for hydroxylation is 1. The van der Waals surface area contributed by atoms with Gasteiger partial charge in [0.25, 0.3) is 0 Å². The van der Waals surface area contributed by atoms with E-state index in [1.807, 2.05) is 25.1 Å². The summed E-state index contributed by atoms with van der Waals surface area (Å²) in [6.07, 6.45) is 3.55. The molecule has 0 heterocycles. The van der Waals surface area contributed by atoms with E-state index in [0.29, 0.717) is 6.42 Å². The third-order valence-electron chi connectivity index (χ3n) is 3.32. The second kappa shape index (κ2) is 5.32. The maximum absolute atomic E-state index is 11.7. The molecule has 1 aromatic carbocycles. The lowest BCUT2D eigenvalue weighted by Crippen LogP contribution is -2.33. The van der Waals surface area contributed by atoms with Crippen molar-refractivity contribution in [2.45, 2.75) is 44.8 Å². The van der Waals surface area contributed by atoms with Crippen molar-refractivity contribution in [3.05, 3.63) is 35.4 Å². The van der Waals surface area contributed by atoms with Crippen molar-refractivity contribution in [1.82, 2.24) is 0 Å². The second-order valence-corrected chi connectivity index (χ2v) is 4.53. The lowest BCUT2D eigenvalue weighted by Gasteiger charge is -2.26. The molecule has 1 unspecified atom stereocenters. The number of esters is 1.